The summed E-state index contributed by atoms with van der Waals surface area (Å²) in [7, 11) is 0. The summed E-state index contributed by atoms with van der Waals surface area (Å²) < 4.78 is 15.2. The van der Waals surface area contributed by atoms with E-state index < -0.39 is 0 Å². The Morgan fingerprint density at radius 1 is 1.20 bits per heavy atom. The number of rotatable bonds is 2. The minimum Gasteiger partial charge on any atom is -0.261 e. The third-order valence-electron chi connectivity index (χ3n) is 3.17. The van der Waals surface area contributed by atoms with E-state index in [4.69, 9.17) is 0 Å². The molecule has 0 aromatic carbocycles. The lowest BCUT2D eigenvalue weighted by atomic mass is 10.0. The second-order valence-electron chi connectivity index (χ2n) is 5.14. The summed E-state index contributed by atoms with van der Waals surface area (Å²) in [6, 6.07) is 5.29. The maximum absolute atomic E-state index is 13.4. The fourth-order valence-electron chi connectivity index (χ4n) is 2.31. The highest BCUT2D eigenvalue weighted by Gasteiger charge is 2.18. The molecule has 4 nitrogen and oxygen atoms in total. The summed E-state index contributed by atoms with van der Waals surface area (Å²) in [6.07, 6.45) is 2.82. The van der Waals surface area contributed by atoms with Crippen molar-refractivity contribution < 1.29 is 4.39 Å². The summed E-state index contributed by atoms with van der Waals surface area (Å²) in [5.74, 6) is -0.143. The van der Waals surface area contributed by atoms with Gasteiger partial charge in [-0.1, -0.05) is 13.8 Å². The predicted octanol–water partition coefficient (Wildman–Crippen LogP) is 3.36. The van der Waals surface area contributed by atoms with Crippen LogP contribution in [0.1, 0.15) is 31.2 Å². The Labute approximate surface area is 116 Å². The van der Waals surface area contributed by atoms with Crippen LogP contribution in [0.15, 0.2) is 30.6 Å². The zero-order valence-corrected chi connectivity index (χ0v) is 11.6. The molecule has 0 saturated carbocycles. The van der Waals surface area contributed by atoms with E-state index in [2.05, 4.69) is 28.9 Å². The minimum atomic E-state index is -0.363. The van der Waals surface area contributed by atoms with Crippen molar-refractivity contribution in [3.63, 3.8) is 0 Å². The average Bonchev–Trinajstić information content (AvgIpc) is 2.77. The molecule has 3 rings (SSSR count). The molecule has 0 aliphatic heterocycles. The first-order chi connectivity index (χ1) is 9.56. The zero-order valence-electron chi connectivity index (χ0n) is 11.6. The van der Waals surface area contributed by atoms with E-state index in [0.29, 0.717) is 5.56 Å². The van der Waals surface area contributed by atoms with Crippen molar-refractivity contribution in [1.29, 1.82) is 0 Å². The Kier molecular flexibility index (Phi) is 2.97. The van der Waals surface area contributed by atoms with Crippen LogP contribution >= 0.6 is 0 Å². The number of aromatic nitrogens is 4. The van der Waals surface area contributed by atoms with Crippen molar-refractivity contribution in [3.05, 3.63) is 47.8 Å². The highest BCUT2D eigenvalue weighted by atomic mass is 19.1. The number of aryl methyl sites for hydroxylation is 1. The number of imidazole rings is 1. The quantitative estimate of drug-likeness (QED) is 0.717. The van der Waals surface area contributed by atoms with Gasteiger partial charge in [-0.25, -0.2) is 13.9 Å². The first kappa shape index (κ1) is 12.7. The summed E-state index contributed by atoms with van der Waals surface area (Å²) >= 11 is 0. The second-order valence-corrected chi connectivity index (χ2v) is 5.14. The van der Waals surface area contributed by atoms with Crippen LogP contribution in [0.5, 0.6) is 0 Å². The smallest absolute Gasteiger partial charge is 0.154 e. The summed E-state index contributed by atoms with van der Waals surface area (Å²) in [5.41, 5.74) is 4.07. The molecule has 0 saturated heterocycles. The van der Waals surface area contributed by atoms with Crippen LogP contribution in [0.25, 0.3) is 16.9 Å². The van der Waals surface area contributed by atoms with Gasteiger partial charge in [0.1, 0.15) is 5.82 Å². The van der Waals surface area contributed by atoms with E-state index >= 15 is 0 Å². The second kappa shape index (κ2) is 4.67. The average molecular weight is 270 g/mol. The van der Waals surface area contributed by atoms with Crippen molar-refractivity contribution in [2.24, 2.45) is 0 Å². The fourth-order valence-corrected chi connectivity index (χ4v) is 2.31. The molecule has 3 heterocycles. The van der Waals surface area contributed by atoms with Crippen LogP contribution in [0.4, 0.5) is 4.39 Å². The molecule has 0 amide bonds. The molecule has 0 aliphatic carbocycles. The Bertz CT molecular complexity index is 777. The number of nitrogens with zero attached hydrogens (tertiary/aromatic N) is 4. The minimum absolute atomic E-state index is 0.220. The van der Waals surface area contributed by atoms with Crippen molar-refractivity contribution >= 4 is 5.65 Å². The molecule has 102 valence electrons. The molecule has 20 heavy (non-hydrogen) atoms. The highest BCUT2D eigenvalue weighted by Crippen LogP contribution is 2.29. The van der Waals surface area contributed by atoms with Gasteiger partial charge in [0.15, 0.2) is 5.65 Å². The third-order valence-corrected chi connectivity index (χ3v) is 3.17. The first-order valence-corrected chi connectivity index (χ1v) is 6.53. The van der Waals surface area contributed by atoms with Gasteiger partial charge in [0.2, 0.25) is 0 Å². The van der Waals surface area contributed by atoms with Gasteiger partial charge in [0, 0.05) is 11.8 Å². The van der Waals surface area contributed by atoms with Crippen LogP contribution in [0.2, 0.25) is 0 Å². The molecule has 0 aliphatic rings. The fraction of sp³-hybridized carbons (Fsp3) is 0.267. The van der Waals surface area contributed by atoms with Gasteiger partial charge in [-0.2, -0.15) is 5.10 Å². The molecule has 0 N–H and O–H groups in total. The molecule has 3 aromatic rings. The lowest BCUT2D eigenvalue weighted by molar-refractivity contribution is 0.622. The topological polar surface area (TPSA) is 43.1 Å². The summed E-state index contributed by atoms with van der Waals surface area (Å²) in [4.78, 5) is 8.48. The molecule has 0 atom stereocenters. The number of halogens is 1. The Morgan fingerprint density at radius 3 is 2.70 bits per heavy atom. The van der Waals surface area contributed by atoms with Crippen molar-refractivity contribution in [2.75, 3.05) is 0 Å². The number of fused-ring (bicyclic) bond motifs is 1. The molecule has 5 heteroatoms. The van der Waals surface area contributed by atoms with Gasteiger partial charge in [0.05, 0.1) is 23.3 Å². The largest absolute Gasteiger partial charge is 0.261 e. The van der Waals surface area contributed by atoms with Crippen molar-refractivity contribution in [1.82, 2.24) is 19.6 Å². The standard InChI is InChI=1S/C15H15FN4/c1-9(2)15-14(11-6-12(16)8-17-7-11)18-13-5-4-10(3)19-20(13)15/h4-9H,1-3H3. The van der Waals surface area contributed by atoms with E-state index in [0.717, 1.165) is 22.7 Å². The van der Waals surface area contributed by atoms with Crippen LogP contribution in [-0.4, -0.2) is 19.6 Å². The van der Waals surface area contributed by atoms with E-state index in [1.54, 1.807) is 6.20 Å². The summed E-state index contributed by atoms with van der Waals surface area (Å²) in [6.45, 7) is 6.08. The molecule has 3 aromatic heterocycles. The van der Waals surface area contributed by atoms with Gasteiger partial charge in [-0.05, 0) is 31.0 Å². The van der Waals surface area contributed by atoms with Gasteiger partial charge in [0.25, 0.3) is 0 Å². The van der Waals surface area contributed by atoms with Gasteiger partial charge < -0.3 is 0 Å². The van der Waals surface area contributed by atoms with Crippen LogP contribution < -0.4 is 0 Å². The lowest BCUT2D eigenvalue weighted by Gasteiger charge is -2.07. The number of hydrogen-bond donors (Lipinski definition) is 0. The van der Waals surface area contributed by atoms with Gasteiger partial charge in [-0.3, -0.25) is 4.98 Å². The van der Waals surface area contributed by atoms with Crippen LogP contribution in [-0.2, 0) is 0 Å². The third kappa shape index (κ3) is 2.05. The Morgan fingerprint density at radius 2 is 2.00 bits per heavy atom. The Balaban J connectivity index is 2.32. The predicted molar refractivity (Wildman–Crippen MR) is 75.0 cm³/mol. The normalized spacial score (nSPS) is 11.4. The maximum Gasteiger partial charge on any atom is 0.154 e. The lowest BCUT2D eigenvalue weighted by Crippen LogP contribution is -2.02. The van der Waals surface area contributed by atoms with E-state index in [1.807, 2.05) is 23.6 Å². The van der Waals surface area contributed by atoms with E-state index in [1.165, 1.54) is 12.3 Å². The van der Waals surface area contributed by atoms with Crippen LogP contribution in [0, 0.1) is 12.7 Å². The number of hydrogen-bond acceptors (Lipinski definition) is 3. The maximum atomic E-state index is 13.4. The van der Waals surface area contributed by atoms with Crippen molar-refractivity contribution in [3.8, 4) is 11.3 Å². The van der Waals surface area contributed by atoms with Crippen molar-refractivity contribution in [2.45, 2.75) is 26.7 Å². The SMILES string of the molecule is Cc1ccc2nc(-c3cncc(F)c3)c(C(C)C)n2n1. The van der Waals surface area contributed by atoms with Crippen LogP contribution in [0.3, 0.4) is 0 Å². The zero-order chi connectivity index (χ0) is 14.3. The van der Waals surface area contributed by atoms with E-state index in [9.17, 15) is 4.39 Å². The molecular weight excluding hydrogens is 255 g/mol. The molecule has 0 fully saturated rings. The molecular formula is C15H15FN4. The summed E-state index contributed by atoms with van der Waals surface area (Å²) in [5, 5.41) is 4.51. The van der Waals surface area contributed by atoms with Gasteiger partial charge >= 0.3 is 0 Å². The molecule has 0 spiro atoms. The first-order valence-electron chi connectivity index (χ1n) is 6.53. The molecule has 0 unspecified atom stereocenters. The highest BCUT2D eigenvalue weighted by molar-refractivity contribution is 5.66. The monoisotopic (exact) mass is 270 g/mol. The molecule has 0 bridgehead atoms. The Hall–Kier alpha value is -2.30. The van der Waals surface area contributed by atoms with E-state index in [-0.39, 0.29) is 11.7 Å². The van der Waals surface area contributed by atoms with Gasteiger partial charge in [-0.15, -0.1) is 0 Å². The molecule has 0 radical (unpaired) electrons. The number of pyridine rings is 1.